The molecule has 5 nitrogen and oxygen atoms in total. The van der Waals surface area contributed by atoms with Crippen molar-refractivity contribution in [2.75, 3.05) is 13.1 Å². The fraction of sp³-hybridized carbons (Fsp3) is 1.00. The first-order valence-corrected chi connectivity index (χ1v) is 7.36. The zero-order chi connectivity index (χ0) is 12.2. The van der Waals surface area contributed by atoms with Gasteiger partial charge in [0, 0.05) is 18.6 Å². The predicted molar refractivity (Wildman–Crippen MR) is 65.1 cm³/mol. The Hall–Kier alpha value is -0.170. The SMILES string of the molecule is CC(C)CNS(=O)(=O)NC1(CN)CCCC1. The van der Waals surface area contributed by atoms with Crippen molar-refractivity contribution in [3.05, 3.63) is 0 Å². The van der Waals surface area contributed by atoms with E-state index in [2.05, 4.69) is 9.44 Å². The standard InChI is InChI=1S/C10H23N3O2S/c1-9(2)7-12-16(14,15)13-10(8-11)5-3-4-6-10/h9,12-13H,3-8,11H2,1-2H3. The molecular weight excluding hydrogens is 226 g/mol. The molecule has 0 aromatic rings. The lowest BCUT2D eigenvalue weighted by Gasteiger charge is -2.28. The summed E-state index contributed by atoms with van der Waals surface area (Å²) in [6.07, 6.45) is 3.77. The average molecular weight is 249 g/mol. The van der Waals surface area contributed by atoms with E-state index in [0.29, 0.717) is 19.0 Å². The van der Waals surface area contributed by atoms with Crippen LogP contribution in [0.4, 0.5) is 0 Å². The van der Waals surface area contributed by atoms with Crippen LogP contribution in [0.3, 0.4) is 0 Å². The van der Waals surface area contributed by atoms with Crippen LogP contribution in [0.15, 0.2) is 0 Å². The van der Waals surface area contributed by atoms with Gasteiger partial charge >= 0.3 is 0 Å². The summed E-state index contributed by atoms with van der Waals surface area (Å²) < 4.78 is 28.8. The highest BCUT2D eigenvalue weighted by atomic mass is 32.2. The van der Waals surface area contributed by atoms with Crippen LogP contribution in [0.5, 0.6) is 0 Å². The minimum absolute atomic E-state index is 0.300. The largest absolute Gasteiger partial charge is 0.329 e. The van der Waals surface area contributed by atoms with Crippen LogP contribution in [-0.4, -0.2) is 27.0 Å². The molecule has 0 atom stereocenters. The molecule has 1 fully saturated rings. The summed E-state index contributed by atoms with van der Waals surface area (Å²) in [5, 5.41) is 0. The number of nitrogens with two attached hydrogens (primary N) is 1. The molecule has 0 heterocycles. The van der Waals surface area contributed by atoms with Gasteiger partial charge < -0.3 is 5.73 Å². The third-order valence-corrected chi connectivity index (χ3v) is 4.23. The maximum Gasteiger partial charge on any atom is 0.277 e. The van der Waals surface area contributed by atoms with Gasteiger partial charge in [-0.2, -0.15) is 13.1 Å². The Bertz CT molecular complexity index is 308. The third-order valence-electron chi connectivity index (χ3n) is 2.98. The second-order valence-corrected chi connectivity index (χ2v) is 6.54. The topological polar surface area (TPSA) is 84.2 Å². The predicted octanol–water partition coefficient (Wildman–Crippen LogP) is 0.338. The van der Waals surface area contributed by atoms with Gasteiger partial charge in [-0.3, -0.25) is 0 Å². The summed E-state index contributed by atoms with van der Waals surface area (Å²) >= 11 is 0. The average Bonchev–Trinajstić information content (AvgIpc) is 2.64. The highest BCUT2D eigenvalue weighted by molar-refractivity contribution is 7.87. The minimum atomic E-state index is -3.41. The van der Waals surface area contributed by atoms with Gasteiger partial charge in [0.1, 0.15) is 0 Å². The molecule has 0 aromatic heterocycles. The molecule has 0 unspecified atom stereocenters. The molecule has 1 saturated carbocycles. The molecule has 0 aliphatic heterocycles. The first kappa shape index (κ1) is 13.9. The van der Waals surface area contributed by atoms with Gasteiger partial charge in [0.25, 0.3) is 10.2 Å². The lowest BCUT2D eigenvalue weighted by Crippen LogP contribution is -2.55. The Labute approximate surface area is 98.4 Å². The molecule has 96 valence electrons. The molecule has 6 heteroatoms. The number of hydrogen-bond donors (Lipinski definition) is 3. The van der Waals surface area contributed by atoms with Gasteiger partial charge in [-0.05, 0) is 18.8 Å². The molecule has 0 spiro atoms. The monoisotopic (exact) mass is 249 g/mol. The molecule has 16 heavy (non-hydrogen) atoms. The Balaban J connectivity index is 2.56. The summed E-state index contributed by atoms with van der Waals surface area (Å²) in [5.41, 5.74) is 5.26. The van der Waals surface area contributed by atoms with Crippen LogP contribution >= 0.6 is 0 Å². The first-order valence-electron chi connectivity index (χ1n) is 5.88. The zero-order valence-corrected chi connectivity index (χ0v) is 10.9. The summed E-state index contributed by atoms with van der Waals surface area (Å²) in [7, 11) is -3.41. The van der Waals surface area contributed by atoms with Crippen LogP contribution in [0.2, 0.25) is 0 Å². The second-order valence-electron chi connectivity index (χ2n) is 5.04. The van der Waals surface area contributed by atoms with E-state index in [1.807, 2.05) is 13.8 Å². The zero-order valence-electron chi connectivity index (χ0n) is 10.1. The maximum atomic E-state index is 11.8. The summed E-state index contributed by atoms with van der Waals surface area (Å²) in [6.45, 7) is 4.76. The second kappa shape index (κ2) is 5.44. The quantitative estimate of drug-likeness (QED) is 0.634. The van der Waals surface area contributed by atoms with E-state index in [1.54, 1.807) is 0 Å². The summed E-state index contributed by atoms with van der Waals surface area (Å²) in [6, 6.07) is 0. The molecule has 0 aromatic carbocycles. The van der Waals surface area contributed by atoms with Gasteiger partial charge in [0.2, 0.25) is 0 Å². The van der Waals surface area contributed by atoms with Crippen molar-refractivity contribution < 1.29 is 8.42 Å². The number of hydrogen-bond acceptors (Lipinski definition) is 3. The maximum absolute atomic E-state index is 11.8. The Morgan fingerprint density at radius 1 is 1.31 bits per heavy atom. The number of nitrogens with one attached hydrogen (secondary N) is 2. The number of rotatable bonds is 6. The van der Waals surface area contributed by atoms with Gasteiger partial charge in [-0.15, -0.1) is 0 Å². The molecule has 1 aliphatic rings. The molecule has 1 aliphatic carbocycles. The van der Waals surface area contributed by atoms with Crippen molar-refractivity contribution in [1.82, 2.24) is 9.44 Å². The van der Waals surface area contributed by atoms with Crippen molar-refractivity contribution >= 4 is 10.2 Å². The fourth-order valence-corrected chi connectivity index (χ4v) is 3.48. The van der Waals surface area contributed by atoms with E-state index < -0.39 is 15.7 Å². The molecule has 1 rings (SSSR count). The van der Waals surface area contributed by atoms with Gasteiger partial charge in [0.15, 0.2) is 0 Å². The molecular formula is C10H23N3O2S. The van der Waals surface area contributed by atoms with Crippen molar-refractivity contribution in [3.8, 4) is 0 Å². The summed E-state index contributed by atoms with van der Waals surface area (Å²) in [4.78, 5) is 0. The van der Waals surface area contributed by atoms with E-state index in [4.69, 9.17) is 5.73 Å². The van der Waals surface area contributed by atoms with Crippen molar-refractivity contribution in [2.24, 2.45) is 11.7 Å². The van der Waals surface area contributed by atoms with E-state index in [-0.39, 0.29) is 0 Å². The highest BCUT2D eigenvalue weighted by Crippen LogP contribution is 2.29. The lowest BCUT2D eigenvalue weighted by atomic mass is 10.0. The van der Waals surface area contributed by atoms with Gasteiger partial charge in [-0.25, -0.2) is 4.72 Å². The van der Waals surface area contributed by atoms with Crippen LogP contribution in [0, 0.1) is 5.92 Å². The Morgan fingerprint density at radius 3 is 2.31 bits per heavy atom. The smallest absolute Gasteiger partial charge is 0.277 e. The van der Waals surface area contributed by atoms with Gasteiger partial charge in [0.05, 0.1) is 0 Å². The van der Waals surface area contributed by atoms with Gasteiger partial charge in [-0.1, -0.05) is 26.7 Å². The van der Waals surface area contributed by atoms with Crippen LogP contribution < -0.4 is 15.2 Å². The van der Waals surface area contributed by atoms with Crippen molar-refractivity contribution in [2.45, 2.75) is 45.1 Å². The Kier molecular flexibility index (Phi) is 4.73. The Morgan fingerprint density at radius 2 is 1.88 bits per heavy atom. The first-order chi connectivity index (χ1) is 7.39. The van der Waals surface area contributed by atoms with Crippen molar-refractivity contribution in [3.63, 3.8) is 0 Å². The molecule has 0 amide bonds. The van der Waals surface area contributed by atoms with Crippen LogP contribution in [-0.2, 0) is 10.2 Å². The minimum Gasteiger partial charge on any atom is -0.329 e. The van der Waals surface area contributed by atoms with E-state index in [1.165, 1.54) is 0 Å². The molecule has 0 radical (unpaired) electrons. The highest BCUT2D eigenvalue weighted by Gasteiger charge is 2.36. The van der Waals surface area contributed by atoms with E-state index >= 15 is 0 Å². The van der Waals surface area contributed by atoms with E-state index in [9.17, 15) is 8.42 Å². The lowest BCUT2D eigenvalue weighted by molar-refractivity contribution is 0.395. The third kappa shape index (κ3) is 4.01. The normalized spacial score (nSPS) is 20.5. The fourth-order valence-electron chi connectivity index (χ4n) is 2.00. The molecule has 0 bridgehead atoms. The van der Waals surface area contributed by atoms with Crippen molar-refractivity contribution in [1.29, 1.82) is 0 Å². The molecule has 4 N–H and O–H groups in total. The summed E-state index contributed by atoms with van der Waals surface area (Å²) in [5.74, 6) is 0.300. The molecule has 0 saturated heterocycles. The van der Waals surface area contributed by atoms with E-state index in [0.717, 1.165) is 25.7 Å². The van der Waals surface area contributed by atoms with Crippen LogP contribution in [0.25, 0.3) is 0 Å². The van der Waals surface area contributed by atoms with Crippen LogP contribution in [0.1, 0.15) is 39.5 Å².